The van der Waals surface area contributed by atoms with Crippen LogP contribution in [-0.2, 0) is 17.9 Å². The molecule has 2 atom stereocenters. The van der Waals surface area contributed by atoms with Gasteiger partial charge in [-0.1, -0.05) is 59.2 Å². The quantitative estimate of drug-likeness (QED) is 0.923. The number of nitrogens with zero attached hydrogens (tertiary/aromatic N) is 1. The van der Waals surface area contributed by atoms with E-state index in [0.717, 1.165) is 13.0 Å². The van der Waals surface area contributed by atoms with Gasteiger partial charge in [0.1, 0.15) is 0 Å². The molecule has 0 fully saturated rings. The van der Waals surface area contributed by atoms with E-state index in [-0.39, 0.29) is 17.4 Å². The van der Waals surface area contributed by atoms with E-state index >= 15 is 0 Å². The summed E-state index contributed by atoms with van der Waals surface area (Å²) in [6, 6.07) is 6.54. The lowest BCUT2D eigenvalue weighted by Crippen LogP contribution is -2.35. The van der Waals surface area contributed by atoms with Crippen LogP contribution in [0.25, 0.3) is 0 Å². The maximum atomic E-state index is 12.4. The van der Waals surface area contributed by atoms with Crippen molar-refractivity contribution in [2.45, 2.75) is 60.2 Å². The van der Waals surface area contributed by atoms with Crippen molar-refractivity contribution in [3.05, 3.63) is 34.9 Å². The second kappa shape index (κ2) is 5.80. The fraction of sp³-hybridized carbons (Fsp3) is 0.611. The molecule has 0 aromatic heterocycles. The highest BCUT2D eigenvalue weighted by atomic mass is 16.2. The first kappa shape index (κ1) is 16.0. The number of hydrogen-bond acceptors (Lipinski definition) is 2. The molecule has 1 heterocycles. The number of fused-ring (bicyclic) bond motifs is 1. The van der Waals surface area contributed by atoms with Gasteiger partial charge in [0.15, 0.2) is 0 Å². The Kier molecular flexibility index (Phi) is 4.43. The smallest absolute Gasteiger partial charge is 0.228 e. The fourth-order valence-electron chi connectivity index (χ4n) is 2.82. The molecule has 0 bridgehead atoms. The molecular weight excluding hydrogens is 260 g/mol. The minimum Gasteiger partial charge on any atom is -0.334 e. The van der Waals surface area contributed by atoms with Gasteiger partial charge in [-0.3, -0.25) is 4.79 Å². The van der Waals surface area contributed by atoms with Gasteiger partial charge >= 0.3 is 0 Å². The Bertz CT molecular complexity index is 531. The highest BCUT2D eigenvalue weighted by Gasteiger charge is 2.31. The van der Waals surface area contributed by atoms with Crippen LogP contribution in [0.2, 0.25) is 0 Å². The van der Waals surface area contributed by atoms with Crippen molar-refractivity contribution in [3.8, 4) is 0 Å². The Morgan fingerprint density at radius 1 is 1.29 bits per heavy atom. The monoisotopic (exact) mass is 288 g/mol. The van der Waals surface area contributed by atoms with Crippen molar-refractivity contribution in [1.29, 1.82) is 0 Å². The van der Waals surface area contributed by atoms with E-state index < -0.39 is 0 Å². The summed E-state index contributed by atoms with van der Waals surface area (Å²) in [4.78, 5) is 14.4. The fourth-order valence-corrected chi connectivity index (χ4v) is 2.82. The van der Waals surface area contributed by atoms with Gasteiger partial charge in [0.05, 0.1) is 0 Å². The summed E-state index contributed by atoms with van der Waals surface area (Å²) in [7, 11) is 0. The second-order valence-electron chi connectivity index (χ2n) is 7.35. The van der Waals surface area contributed by atoms with Crippen molar-refractivity contribution in [2.24, 2.45) is 17.1 Å². The van der Waals surface area contributed by atoms with E-state index in [1.165, 1.54) is 16.7 Å². The van der Waals surface area contributed by atoms with Gasteiger partial charge < -0.3 is 10.6 Å². The molecule has 0 saturated carbocycles. The Morgan fingerprint density at radius 2 is 1.90 bits per heavy atom. The van der Waals surface area contributed by atoms with E-state index in [1.54, 1.807) is 0 Å². The molecule has 2 rings (SSSR count). The predicted octanol–water partition coefficient (Wildman–Crippen LogP) is 3.62. The average Bonchev–Trinajstić information content (AvgIpc) is 2.86. The molecule has 1 aromatic carbocycles. The van der Waals surface area contributed by atoms with Crippen LogP contribution in [0.1, 0.15) is 63.8 Å². The summed E-state index contributed by atoms with van der Waals surface area (Å²) in [6.07, 6.45) is 1.08. The number of benzene rings is 1. The molecule has 2 N–H and O–H groups in total. The summed E-state index contributed by atoms with van der Waals surface area (Å²) < 4.78 is 0. The van der Waals surface area contributed by atoms with Gasteiger partial charge in [-0.2, -0.15) is 0 Å². The first-order chi connectivity index (χ1) is 9.74. The third-order valence-corrected chi connectivity index (χ3v) is 4.52. The molecule has 1 aromatic rings. The molecular formula is C18H28N2O. The Labute approximate surface area is 128 Å². The summed E-state index contributed by atoms with van der Waals surface area (Å²) in [5.74, 6) is 0.684. The van der Waals surface area contributed by atoms with E-state index in [0.29, 0.717) is 12.5 Å². The van der Waals surface area contributed by atoms with Crippen LogP contribution in [0.4, 0.5) is 0 Å². The van der Waals surface area contributed by atoms with Gasteiger partial charge in [0.25, 0.3) is 0 Å². The van der Waals surface area contributed by atoms with Gasteiger partial charge in [-0.25, -0.2) is 0 Å². The summed E-state index contributed by atoms with van der Waals surface area (Å²) in [6.45, 7) is 11.7. The minimum absolute atomic E-state index is 0.0765. The van der Waals surface area contributed by atoms with Gasteiger partial charge in [-0.05, 0) is 22.6 Å². The second-order valence-corrected chi connectivity index (χ2v) is 7.35. The summed E-state index contributed by atoms with van der Waals surface area (Å²) in [5.41, 5.74) is 9.70. The van der Waals surface area contributed by atoms with Crippen LogP contribution in [0.15, 0.2) is 18.2 Å². The highest BCUT2D eigenvalue weighted by Crippen LogP contribution is 2.31. The number of carbonyl (C=O) groups is 1. The lowest BCUT2D eigenvalue weighted by atomic mass is 9.91. The Balaban J connectivity index is 2.18. The zero-order valence-corrected chi connectivity index (χ0v) is 13.9. The van der Waals surface area contributed by atoms with E-state index in [9.17, 15) is 4.79 Å². The lowest BCUT2D eigenvalue weighted by Gasteiger charge is -2.25. The van der Waals surface area contributed by atoms with Crippen LogP contribution in [0, 0.1) is 11.3 Å². The molecule has 116 valence electrons. The topological polar surface area (TPSA) is 46.3 Å². The number of carbonyl (C=O) groups excluding carboxylic acids is 1. The van der Waals surface area contributed by atoms with Gasteiger partial charge in [0.2, 0.25) is 5.91 Å². The van der Waals surface area contributed by atoms with E-state index in [2.05, 4.69) is 32.0 Å². The SMILES string of the molecule is CCC(C)C(N)c1ccc2c(c1)CN(C(=O)C(C)(C)C)C2. The molecule has 1 aliphatic rings. The van der Waals surface area contributed by atoms with Gasteiger partial charge in [0, 0.05) is 24.5 Å². The van der Waals surface area contributed by atoms with E-state index in [1.807, 2.05) is 25.7 Å². The van der Waals surface area contributed by atoms with Crippen LogP contribution >= 0.6 is 0 Å². The maximum absolute atomic E-state index is 12.4. The predicted molar refractivity (Wildman–Crippen MR) is 86.5 cm³/mol. The number of rotatable bonds is 3. The zero-order valence-electron chi connectivity index (χ0n) is 13.9. The normalized spacial score (nSPS) is 17.5. The van der Waals surface area contributed by atoms with Crippen LogP contribution in [0.3, 0.4) is 0 Å². The molecule has 1 aliphatic heterocycles. The standard InChI is InChI=1S/C18H28N2O/c1-6-12(2)16(19)13-7-8-14-10-20(11-15(14)9-13)17(21)18(3,4)5/h7-9,12,16H,6,10-11,19H2,1-5H3. The summed E-state index contributed by atoms with van der Waals surface area (Å²) >= 11 is 0. The Morgan fingerprint density at radius 3 is 2.48 bits per heavy atom. The summed E-state index contributed by atoms with van der Waals surface area (Å²) in [5, 5.41) is 0. The molecule has 21 heavy (non-hydrogen) atoms. The van der Waals surface area contributed by atoms with Crippen molar-refractivity contribution < 1.29 is 4.79 Å². The first-order valence-corrected chi connectivity index (χ1v) is 7.90. The molecule has 0 aliphatic carbocycles. The van der Waals surface area contributed by atoms with Crippen LogP contribution in [-0.4, -0.2) is 10.8 Å². The third-order valence-electron chi connectivity index (χ3n) is 4.52. The largest absolute Gasteiger partial charge is 0.334 e. The molecule has 0 saturated heterocycles. The van der Waals surface area contributed by atoms with Gasteiger partial charge in [-0.15, -0.1) is 0 Å². The van der Waals surface area contributed by atoms with Crippen LogP contribution in [0.5, 0.6) is 0 Å². The molecule has 1 amide bonds. The highest BCUT2D eigenvalue weighted by molar-refractivity contribution is 5.82. The molecule has 3 nitrogen and oxygen atoms in total. The molecule has 3 heteroatoms. The maximum Gasteiger partial charge on any atom is 0.228 e. The van der Waals surface area contributed by atoms with E-state index in [4.69, 9.17) is 5.73 Å². The van der Waals surface area contributed by atoms with Crippen molar-refractivity contribution in [3.63, 3.8) is 0 Å². The molecule has 0 spiro atoms. The Hall–Kier alpha value is -1.35. The van der Waals surface area contributed by atoms with Crippen molar-refractivity contribution >= 4 is 5.91 Å². The van der Waals surface area contributed by atoms with Crippen molar-refractivity contribution in [2.75, 3.05) is 0 Å². The van der Waals surface area contributed by atoms with Crippen LogP contribution < -0.4 is 5.73 Å². The molecule has 0 radical (unpaired) electrons. The molecule has 2 unspecified atom stereocenters. The number of hydrogen-bond donors (Lipinski definition) is 1. The third kappa shape index (κ3) is 3.29. The average molecular weight is 288 g/mol. The number of amides is 1. The van der Waals surface area contributed by atoms with Crippen molar-refractivity contribution in [1.82, 2.24) is 4.90 Å². The lowest BCUT2D eigenvalue weighted by molar-refractivity contribution is -0.140. The minimum atomic E-state index is -0.321. The zero-order chi connectivity index (χ0) is 15.8. The first-order valence-electron chi connectivity index (χ1n) is 7.90. The number of nitrogens with two attached hydrogens (primary N) is 1.